The van der Waals surface area contributed by atoms with Crippen LogP contribution in [0.1, 0.15) is 24.8 Å². The van der Waals surface area contributed by atoms with Crippen molar-refractivity contribution in [2.75, 3.05) is 6.54 Å². The van der Waals surface area contributed by atoms with Gasteiger partial charge in [0.2, 0.25) is 0 Å². The molecule has 1 aliphatic heterocycles. The number of benzene rings is 2. The first-order valence-corrected chi connectivity index (χ1v) is 8.30. The van der Waals surface area contributed by atoms with Gasteiger partial charge in [0.1, 0.15) is 0 Å². The van der Waals surface area contributed by atoms with Gasteiger partial charge >= 0.3 is 0 Å². The standard InChI is InChI=1S/C20H22N2/c1-2-8-15(9-3-1)20-18(14-16-10-6-7-13-21-16)17-11-4-5-12-19(17)22-20/h1-5,8-9,11-12,16,21-22H,6-7,10,13-14H2. The molecule has 1 atom stereocenters. The summed E-state index contributed by atoms with van der Waals surface area (Å²) in [5, 5.41) is 5.06. The number of aromatic amines is 1. The van der Waals surface area contributed by atoms with E-state index < -0.39 is 0 Å². The molecule has 1 aromatic heterocycles. The predicted molar refractivity (Wildman–Crippen MR) is 93.1 cm³/mol. The summed E-state index contributed by atoms with van der Waals surface area (Å²) in [6.07, 6.45) is 5.05. The lowest BCUT2D eigenvalue weighted by molar-refractivity contribution is 0.400. The van der Waals surface area contributed by atoms with Gasteiger partial charge in [0.25, 0.3) is 0 Å². The van der Waals surface area contributed by atoms with Gasteiger partial charge in [0.15, 0.2) is 0 Å². The highest BCUT2D eigenvalue weighted by Gasteiger charge is 2.19. The van der Waals surface area contributed by atoms with E-state index in [9.17, 15) is 0 Å². The third-order valence-electron chi connectivity index (χ3n) is 4.74. The van der Waals surface area contributed by atoms with Gasteiger partial charge < -0.3 is 10.3 Å². The zero-order chi connectivity index (χ0) is 14.8. The predicted octanol–water partition coefficient (Wildman–Crippen LogP) is 4.52. The second-order valence-electron chi connectivity index (χ2n) is 6.24. The molecule has 2 heteroatoms. The van der Waals surface area contributed by atoms with Crippen molar-refractivity contribution < 1.29 is 0 Å². The molecule has 0 amide bonds. The average Bonchev–Trinajstić information content (AvgIpc) is 2.95. The molecule has 1 fully saturated rings. The van der Waals surface area contributed by atoms with E-state index in [-0.39, 0.29) is 0 Å². The van der Waals surface area contributed by atoms with Crippen molar-refractivity contribution in [1.82, 2.24) is 10.3 Å². The Bertz CT molecular complexity index is 752. The Balaban J connectivity index is 1.79. The Morgan fingerprint density at radius 2 is 1.73 bits per heavy atom. The summed E-state index contributed by atoms with van der Waals surface area (Å²) in [5.74, 6) is 0. The van der Waals surface area contributed by atoms with Gasteiger partial charge in [0.05, 0.1) is 0 Å². The molecular formula is C20H22N2. The topological polar surface area (TPSA) is 27.8 Å². The molecule has 4 rings (SSSR count). The first-order chi connectivity index (χ1) is 10.9. The highest BCUT2D eigenvalue weighted by atomic mass is 14.9. The third-order valence-corrected chi connectivity index (χ3v) is 4.74. The number of hydrogen-bond acceptors (Lipinski definition) is 1. The molecule has 0 aliphatic carbocycles. The minimum Gasteiger partial charge on any atom is -0.354 e. The van der Waals surface area contributed by atoms with E-state index in [4.69, 9.17) is 0 Å². The fourth-order valence-corrected chi connectivity index (χ4v) is 3.61. The van der Waals surface area contributed by atoms with E-state index >= 15 is 0 Å². The van der Waals surface area contributed by atoms with E-state index in [1.165, 1.54) is 47.0 Å². The number of rotatable bonds is 3. The first-order valence-electron chi connectivity index (χ1n) is 8.30. The Morgan fingerprint density at radius 3 is 2.55 bits per heavy atom. The number of nitrogens with one attached hydrogen (secondary N) is 2. The molecule has 0 bridgehead atoms. The summed E-state index contributed by atoms with van der Waals surface area (Å²) < 4.78 is 0. The van der Waals surface area contributed by atoms with Crippen molar-refractivity contribution in [3.05, 3.63) is 60.2 Å². The quantitative estimate of drug-likeness (QED) is 0.729. The largest absolute Gasteiger partial charge is 0.354 e. The van der Waals surface area contributed by atoms with Crippen molar-refractivity contribution in [3.8, 4) is 11.3 Å². The number of fused-ring (bicyclic) bond motifs is 1. The zero-order valence-corrected chi connectivity index (χ0v) is 12.8. The summed E-state index contributed by atoms with van der Waals surface area (Å²) in [7, 11) is 0. The molecule has 2 aromatic carbocycles. The minimum atomic E-state index is 0.607. The van der Waals surface area contributed by atoms with Crippen LogP contribution in [-0.2, 0) is 6.42 Å². The maximum absolute atomic E-state index is 3.69. The molecule has 22 heavy (non-hydrogen) atoms. The number of hydrogen-bond donors (Lipinski definition) is 2. The summed E-state index contributed by atoms with van der Waals surface area (Å²) in [6, 6.07) is 20.0. The maximum Gasteiger partial charge on any atom is 0.0497 e. The van der Waals surface area contributed by atoms with Crippen LogP contribution in [0.25, 0.3) is 22.2 Å². The number of piperidine rings is 1. The molecule has 1 unspecified atom stereocenters. The number of H-pyrrole nitrogens is 1. The highest BCUT2D eigenvalue weighted by molar-refractivity contribution is 5.90. The van der Waals surface area contributed by atoms with Crippen LogP contribution in [0.5, 0.6) is 0 Å². The van der Waals surface area contributed by atoms with Crippen molar-refractivity contribution in [2.24, 2.45) is 0 Å². The SMILES string of the molecule is c1ccc(-c2[nH]c3ccccc3c2CC2CCCCN2)cc1. The molecule has 0 spiro atoms. The molecule has 2 heterocycles. The van der Waals surface area contributed by atoms with Gasteiger partial charge in [0, 0.05) is 22.6 Å². The molecule has 3 aromatic rings. The van der Waals surface area contributed by atoms with Gasteiger partial charge in [-0.1, -0.05) is 55.0 Å². The third kappa shape index (κ3) is 2.55. The number of aromatic nitrogens is 1. The number of para-hydroxylation sites is 1. The van der Waals surface area contributed by atoms with Crippen molar-refractivity contribution in [3.63, 3.8) is 0 Å². The van der Waals surface area contributed by atoms with Crippen LogP contribution >= 0.6 is 0 Å². The molecule has 112 valence electrons. The molecule has 2 nitrogen and oxygen atoms in total. The second-order valence-corrected chi connectivity index (χ2v) is 6.24. The summed E-state index contributed by atoms with van der Waals surface area (Å²) in [5.41, 5.74) is 5.27. The van der Waals surface area contributed by atoms with Gasteiger partial charge in [-0.2, -0.15) is 0 Å². The van der Waals surface area contributed by atoms with Crippen LogP contribution in [0.15, 0.2) is 54.6 Å². The van der Waals surface area contributed by atoms with Gasteiger partial charge in [-0.25, -0.2) is 0 Å². The fraction of sp³-hybridized carbons (Fsp3) is 0.300. The van der Waals surface area contributed by atoms with Crippen LogP contribution in [0.2, 0.25) is 0 Å². The first kappa shape index (κ1) is 13.6. The summed E-state index contributed by atoms with van der Waals surface area (Å²) >= 11 is 0. The molecular weight excluding hydrogens is 268 g/mol. The highest BCUT2D eigenvalue weighted by Crippen LogP contribution is 2.32. The smallest absolute Gasteiger partial charge is 0.0497 e. The molecule has 0 radical (unpaired) electrons. The van der Waals surface area contributed by atoms with Gasteiger partial charge in [-0.15, -0.1) is 0 Å². The van der Waals surface area contributed by atoms with E-state index in [2.05, 4.69) is 64.9 Å². The Kier molecular flexibility index (Phi) is 3.69. The van der Waals surface area contributed by atoms with Crippen LogP contribution in [0.4, 0.5) is 0 Å². The van der Waals surface area contributed by atoms with E-state index in [1.807, 2.05) is 0 Å². The Labute approximate surface area is 131 Å². The normalized spacial score (nSPS) is 18.6. The van der Waals surface area contributed by atoms with Crippen LogP contribution in [0.3, 0.4) is 0 Å². The molecule has 0 saturated carbocycles. The monoisotopic (exact) mass is 290 g/mol. The Morgan fingerprint density at radius 1 is 0.909 bits per heavy atom. The Hall–Kier alpha value is -2.06. The van der Waals surface area contributed by atoms with Gasteiger partial charge in [-0.3, -0.25) is 0 Å². The lowest BCUT2D eigenvalue weighted by Gasteiger charge is -2.23. The maximum atomic E-state index is 3.69. The molecule has 1 aliphatic rings. The lowest BCUT2D eigenvalue weighted by atomic mass is 9.94. The zero-order valence-electron chi connectivity index (χ0n) is 12.8. The van der Waals surface area contributed by atoms with Crippen molar-refractivity contribution in [1.29, 1.82) is 0 Å². The summed E-state index contributed by atoms with van der Waals surface area (Å²) in [4.78, 5) is 3.64. The summed E-state index contributed by atoms with van der Waals surface area (Å²) in [6.45, 7) is 1.16. The fourth-order valence-electron chi connectivity index (χ4n) is 3.61. The minimum absolute atomic E-state index is 0.607. The van der Waals surface area contributed by atoms with Crippen LogP contribution in [-0.4, -0.2) is 17.6 Å². The second kappa shape index (κ2) is 5.98. The van der Waals surface area contributed by atoms with Crippen LogP contribution < -0.4 is 5.32 Å². The van der Waals surface area contributed by atoms with E-state index in [0.717, 1.165) is 13.0 Å². The van der Waals surface area contributed by atoms with Gasteiger partial charge in [-0.05, 0) is 43.0 Å². The van der Waals surface area contributed by atoms with Crippen molar-refractivity contribution >= 4 is 10.9 Å². The molecule has 2 N–H and O–H groups in total. The van der Waals surface area contributed by atoms with Crippen LogP contribution in [0, 0.1) is 0 Å². The van der Waals surface area contributed by atoms with Crippen molar-refractivity contribution in [2.45, 2.75) is 31.7 Å². The van der Waals surface area contributed by atoms with E-state index in [1.54, 1.807) is 0 Å². The average molecular weight is 290 g/mol. The lowest BCUT2D eigenvalue weighted by Crippen LogP contribution is -2.35. The molecule has 1 saturated heterocycles. The van der Waals surface area contributed by atoms with E-state index in [0.29, 0.717) is 6.04 Å².